The molecule has 0 saturated heterocycles. The average molecular weight is 501 g/mol. The second-order valence-electron chi connectivity index (χ2n) is 11.0. The fourth-order valence-corrected chi connectivity index (χ4v) is 6.19. The third-order valence-corrected chi connectivity index (χ3v) is 8.23. The van der Waals surface area contributed by atoms with E-state index >= 15 is 0 Å². The van der Waals surface area contributed by atoms with E-state index in [-0.39, 0.29) is 30.3 Å². The lowest BCUT2D eigenvalue weighted by atomic mass is 9.94. The molecular weight excluding hydrogens is 460 g/mol. The molecule has 2 saturated carbocycles. The van der Waals surface area contributed by atoms with Gasteiger partial charge in [0.2, 0.25) is 11.8 Å². The van der Waals surface area contributed by atoms with Crippen LogP contribution in [-0.2, 0) is 16.0 Å². The first kappa shape index (κ1) is 25.4. The molecule has 2 amide bonds. The lowest BCUT2D eigenvalue weighted by Crippen LogP contribution is -2.50. The minimum atomic E-state index is -0.626. The third-order valence-electron chi connectivity index (χ3n) is 8.23. The summed E-state index contributed by atoms with van der Waals surface area (Å²) in [4.78, 5) is 35.5. The normalized spacial score (nSPS) is 17.6. The quantitative estimate of drug-likeness (QED) is 0.415. The van der Waals surface area contributed by atoms with Crippen LogP contribution in [0.1, 0.15) is 75.0 Å². The highest BCUT2D eigenvalue weighted by Gasteiger charge is 2.38. The zero-order valence-electron chi connectivity index (χ0n) is 22.2. The van der Waals surface area contributed by atoms with Gasteiger partial charge in [0.25, 0.3) is 0 Å². The Bertz CT molecular complexity index is 1200. The van der Waals surface area contributed by atoms with Crippen LogP contribution in [0.4, 0.5) is 5.69 Å². The Kier molecular flexibility index (Phi) is 7.82. The van der Waals surface area contributed by atoms with Gasteiger partial charge in [0.05, 0.1) is 6.42 Å². The molecule has 0 radical (unpaired) electrons. The van der Waals surface area contributed by atoms with Gasteiger partial charge < -0.3 is 20.1 Å². The third kappa shape index (κ3) is 5.68. The van der Waals surface area contributed by atoms with Crippen LogP contribution in [0.25, 0.3) is 10.9 Å². The van der Waals surface area contributed by atoms with E-state index in [2.05, 4.69) is 21.3 Å². The fourth-order valence-electron chi connectivity index (χ4n) is 6.19. The highest BCUT2D eigenvalue weighted by atomic mass is 16.2. The van der Waals surface area contributed by atoms with Gasteiger partial charge in [-0.1, -0.05) is 62.4 Å². The minimum absolute atomic E-state index is 0.0251. The summed E-state index contributed by atoms with van der Waals surface area (Å²) in [6.07, 6.45) is 11.9. The molecule has 37 heavy (non-hydrogen) atoms. The molecule has 0 bridgehead atoms. The molecule has 6 nitrogen and oxygen atoms in total. The summed E-state index contributed by atoms with van der Waals surface area (Å²) in [7, 11) is 4.02. The van der Waals surface area contributed by atoms with Crippen LogP contribution in [-0.4, -0.2) is 47.9 Å². The predicted molar refractivity (Wildman–Crippen MR) is 150 cm³/mol. The van der Waals surface area contributed by atoms with Crippen molar-refractivity contribution in [3.05, 3.63) is 65.9 Å². The fraction of sp³-hybridized carbons (Fsp3) is 0.484. The first-order valence-corrected chi connectivity index (χ1v) is 13.9. The van der Waals surface area contributed by atoms with Gasteiger partial charge in [-0.25, -0.2) is 0 Å². The van der Waals surface area contributed by atoms with Gasteiger partial charge in [-0.05, 0) is 55.0 Å². The van der Waals surface area contributed by atoms with Gasteiger partial charge in [-0.2, -0.15) is 0 Å². The number of aromatic amines is 1. The first-order chi connectivity index (χ1) is 18.0. The van der Waals surface area contributed by atoms with E-state index in [4.69, 9.17) is 0 Å². The molecule has 0 aliphatic heterocycles. The molecule has 0 spiro atoms. The van der Waals surface area contributed by atoms with E-state index in [0.717, 1.165) is 79.1 Å². The van der Waals surface area contributed by atoms with Crippen molar-refractivity contribution in [1.29, 1.82) is 0 Å². The maximum atomic E-state index is 14.2. The Hall–Kier alpha value is -3.28. The van der Waals surface area contributed by atoms with E-state index in [1.54, 1.807) is 0 Å². The Labute approximate surface area is 220 Å². The molecule has 0 unspecified atom stereocenters. The van der Waals surface area contributed by atoms with Crippen molar-refractivity contribution in [2.75, 3.05) is 19.0 Å². The van der Waals surface area contributed by atoms with Gasteiger partial charge >= 0.3 is 0 Å². The second kappa shape index (κ2) is 11.4. The van der Waals surface area contributed by atoms with Crippen LogP contribution in [0.5, 0.6) is 0 Å². The van der Waals surface area contributed by atoms with E-state index in [1.807, 2.05) is 67.7 Å². The number of H-pyrrole nitrogens is 1. The molecule has 2 aliphatic carbocycles. The number of carbonyl (C=O) groups excluding carboxylic acids is 2. The van der Waals surface area contributed by atoms with Crippen molar-refractivity contribution in [3.63, 3.8) is 0 Å². The highest BCUT2D eigenvalue weighted by molar-refractivity contribution is 5.93. The van der Waals surface area contributed by atoms with E-state index in [1.165, 1.54) is 6.42 Å². The summed E-state index contributed by atoms with van der Waals surface area (Å²) in [5.41, 5.74) is 3.98. The molecule has 2 N–H and O–H groups in total. The highest BCUT2D eigenvalue weighted by Crippen LogP contribution is 2.34. The number of benzene rings is 2. The number of anilines is 1. The van der Waals surface area contributed by atoms with Crippen LogP contribution in [0.15, 0.2) is 54.7 Å². The minimum Gasteiger partial charge on any atom is -0.378 e. The van der Waals surface area contributed by atoms with E-state index in [9.17, 15) is 9.59 Å². The van der Waals surface area contributed by atoms with E-state index in [0.29, 0.717) is 0 Å². The number of carbonyl (C=O) groups is 2. The number of rotatable bonds is 8. The zero-order chi connectivity index (χ0) is 25.8. The Morgan fingerprint density at radius 3 is 2.30 bits per heavy atom. The molecular formula is C31H40N4O2. The van der Waals surface area contributed by atoms with Crippen molar-refractivity contribution >= 4 is 28.4 Å². The number of nitrogens with one attached hydrogen (secondary N) is 2. The molecule has 2 aliphatic rings. The Morgan fingerprint density at radius 2 is 1.59 bits per heavy atom. The monoisotopic (exact) mass is 500 g/mol. The number of nitrogens with zero attached hydrogens (tertiary/aromatic N) is 2. The largest absolute Gasteiger partial charge is 0.378 e. The molecule has 3 aromatic rings. The summed E-state index contributed by atoms with van der Waals surface area (Å²) in [5.74, 6) is -0.0131. The number of para-hydroxylation sites is 1. The Balaban J connectivity index is 1.49. The van der Waals surface area contributed by atoms with Gasteiger partial charge in [0.15, 0.2) is 0 Å². The number of hydrogen-bond donors (Lipinski definition) is 2. The van der Waals surface area contributed by atoms with Crippen LogP contribution in [0, 0.1) is 0 Å². The number of amides is 2. The smallest absolute Gasteiger partial charge is 0.247 e. The molecule has 6 heteroatoms. The molecule has 1 aromatic heterocycles. The van der Waals surface area contributed by atoms with Gasteiger partial charge in [-0.15, -0.1) is 0 Å². The van der Waals surface area contributed by atoms with Crippen molar-refractivity contribution in [2.45, 2.75) is 82.3 Å². The van der Waals surface area contributed by atoms with Crippen molar-refractivity contribution in [2.24, 2.45) is 0 Å². The van der Waals surface area contributed by atoms with Gasteiger partial charge in [-0.3, -0.25) is 9.59 Å². The number of fused-ring (bicyclic) bond motifs is 1. The average Bonchev–Trinajstić information content (AvgIpc) is 3.58. The lowest BCUT2D eigenvalue weighted by molar-refractivity contribution is -0.143. The SMILES string of the molecule is CN(C)c1ccc([C@H](C(=O)NC2CCCCC2)N(C(=O)Cc2c[nH]c3ccccc23)C2CCCC2)cc1. The predicted octanol–water partition coefficient (Wildman–Crippen LogP) is 5.74. The summed E-state index contributed by atoms with van der Waals surface area (Å²) in [6, 6.07) is 15.9. The summed E-state index contributed by atoms with van der Waals surface area (Å²) in [5, 5.41) is 4.42. The van der Waals surface area contributed by atoms with E-state index < -0.39 is 6.04 Å². The number of aromatic nitrogens is 1. The van der Waals surface area contributed by atoms with Crippen LogP contribution in [0.2, 0.25) is 0 Å². The molecule has 1 atom stereocenters. The molecule has 2 fully saturated rings. The van der Waals surface area contributed by atoms with Crippen molar-refractivity contribution in [3.8, 4) is 0 Å². The van der Waals surface area contributed by atoms with Crippen LogP contribution >= 0.6 is 0 Å². The van der Waals surface area contributed by atoms with Crippen molar-refractivity contribution in [1.82, 2.24) is 15.2 Å². The summed E-state index contributed by atoms with van der Waals surface area (Å²) < 4.78 is 0. The molecule has 196 valence electrons. The Morgan fingerprint density at radius 1 is 0.919 bits per heavy atom. The number of hydrogen-bond acceptors (Lipinski definition) is 3. The second-order valence-corrected chi connectivity index (χ2v) is 11.0. The zero-order valence-corrected chi connectivity index (χ0v) is 22.2. The molecule has 2 aromatic carbocycles. The van der Waals surface area contributed by atoms with Crippen LogP contribution < -0.4 is 10.2 Å². The lowest BCUT2D eigenvalue weighted by Gasteiger charge is -2.37. The maximum Gasteiger partial charge on any atom is 0.247 e. The topological polar surface area (TPSA) is 68.4 Å². The van der Waals surface area contributed by atoms with Gasteiger partial charge in [0.1, 0.15) is 6.04 Å². The first-order valence-electron chi connectivity index (χ1n) is 13.9. The molecule has 1 heterocycles. The van der Waals surface area contributed by atoms with Crippen LogP contribution in [0.3, 0.4) is 0 Å². The van der Waals surface area contributed by atoms with Crippen molar-refractivity contribution < 1.29 is 9.59 Å². The summed E-state index contributed by atoms with van der Waals surface area (Å²) in [6.45, 7) is 0. The summed E-state index contributed by atoms with van der Waals surface area (Å²) >= 11 is 0. The maximum absolute atomic E-state index is 14.2. The standard InChI is InChI=1S/C31H40N4O2/c1-34(2)25-18-16-22(17-19-25)30(31(37)33-24-10-4-3-5-11-24)35(26-12-6-7-13-26)29(36)20-23-21-32-28-15-9-8-14-27(23)28/h8-9,14-19,21,24,26,30,32H,3-7,10-13,20H2,1-2H3,(H,33,37)/t30-/m1/s1. The molecule has 5 rings (SSSR count). The van der Waals surface area contributed by atoms with Gasteiger partial charge in [0, 0.05) is 49.0 Å².